The summed E-state index contributed by atoms with van der Waals surface area (Å²) in [5.74, 6) is 1.98. The Labute approximate surface area is 192 Å². The zero-order valence-corrected chi connectivity index (χ0v) is 19.8. The second-order valence-electron chi connectivity index (χ2n) is 8.75. The first-order valence-corrected chi connectivity index (χ1v) is 11.6. The Morgan fingerprint density at radius 2 is 1.91 bits per heavy atom. The highest BCUT2D eigenvalue weighted by molar-refractivity contribution is 5.80. The van der Waals surface area contributed by atoms with Gasteiger partial charge in [0.15, 0.2) is 5.96 Å². The second-order valence-corrected chi connectivity index (χ2v) is 8.75. The van der Waals surface area contributed by atoms with E-state index >= 15 is 0 Å². The molecule has 7 nitrogen and oxygen atoms in total. The molecule has 2 fully saturated rings. The molecule has 2 aliphatic rings. The van der Waals surface area contributed by atoms with Crippen molar-refractivity contribution in [3.05, 3.63) is 53.2 Å². The zero-order valence-electron chi connectivity index (χ0n) is 19.8. The molecular formula is C25H36N6O. The lowest BCUT2D eigenvalue weighted by Crippen LogP contribution is -2.52. The van der Waals surface area contributed by atoms with Gasteiger partial charge < -0.3 is 24.8 Å². The maximum Gasteiger partial charge on any atom is 0.194 e. The van der Waals surface area contributed by atoms with Crippen molar-refractivity contribution in [1.82, 2.24) is 15.2 Å². The summed E-state index contributed by atoms with van der Waals surface area (Å²) in [6.07, 6.45) is 2.22. The van der Waals surface area contributed by atoms with Gasteiger partial charge in [-0.3, -0.25) is 4.99 Å². The predicted molar refractivity (Wildman–Crippen MR) is 132 cm³/mol. The number of rotatable bonds is 4. The first-order valence-electron chi connectivity index (χ1n) is 11.6. The van der Waals surface area contributed by atoms with E-state index in [0.717, 1.165) is 69.8 Å². The number of piperazine rings is 1. The first kappa shape index (κ1) is 22.4. The fourth-order valence-electron chi connectivity index (χ4n) is 4.49. The van der Waals surface area contributed by atoms with Crippen molar-refractivity contribution in [2.75, 3.05) is 62.7 Å². The Morgan fingerprint density at radius 1 is 1.09 bits per heavy atom. The molecule has 3 heterocycles. The third-order valence-electron chi connectivity index (χ3n) is 6.53. The van der Waals surface area contributed by atoms with E-state index in [-0.39, 0.29) is 6.10 Å². The smallest absolute Gasteiger partial charge is 0.194 e. The predicted octanol–water partition coefficient (Wildman–Crippen LogP) is 2.82. The largest absolute Gasteiger partial charge is 0.375 e. The standard InChI is InChI=1S/C25H36N6O/c1-19-6-5-7-23(21(19)3)29-10-12-30(13-11-29)25(26-4)28-17-22-8-9-24(27-16-22)31-14-15-32-20(2)18-31/h5-9,16,20H,10-15,17-18H2,1-4H3,(H,26,28). The number of morpholine rings is 1. The molecule has 1 aromatic heterocycles. The summed E-state index contributed by atoms with van der Waals surface area (Å²) < 4.78 is 5.63. The topological polar surface area (TPSA) is 56.2 Å². The fraction of sp³-hybridized carbons (Fsp3) is 0.520. The molecule has 1 aromatic carbocycles. The van der Waals surface area contributed by atoms with Crippen LogP contribution >= 0.6 is 0 Å². The molecule has 0 saturated carbocycles. The summed E-state index contributed by atoms with van der Waals surface area (Å²) >= 11 is 0. The van der Waals surface area contributed by atoms with Gasteiger partial charge in [0, 0.05) is 64.7 Å². The normalized spacial score (nSPS) is 19.9. The average Bonchev–Trinajstić information content (AvgIpc) is 2.82. The van der Waals surface area contributed by atoms with E-state index < -0.39 is 0 Å². The van der Waals surface area contributed by atoms with Crippen LogP contribution in [0.5, 0.6) is 0 Å². The highest BCUT2D eigenvalue weighted by Gasteiger charge is 2.21. The van der Waals surface area contributed by atoms with Gasteiger partial charge >= 0.3 is 0 Å². The highest BCUT2D eigenvalue weighted by atomic mass is 16.5. The van der Waals surface area contributed by atoms with Crippen LogP contribution in [0.4, 0.5) is 11.5 Å². The number of anilines is 2. The molecule has 1 unspecified atom stereocenters. The lowest BCUT2D eigenvalue weighted by molar-refractivity contribution is 0.0529. The Hall–Kier alpha value is -2.80. The number of aliphatic imine (C=N–C) groups is 1. The fourth-order valence-corrected chi connectivity index (χ4v) is 4.49. The van der Waals surface area contributed by atoms with Crippen LogP contribution in [0.1, 0.15) is 23.6 Å². The number of hydrogen-bond acceptors (Lipinski definition) is 5. The van der Waals surface area contributed by atoms with Crippen LogP contribution in [-0.4, -0.2) is 74.9 Å². The molecule has 32 heavy (non-hydrogen) atoms. The minimum Gasteiger partial charge on any atom is -0.375 e. The first-order chi connectivity index (χ1) is 15.5. The van der Waals surface area contributed by atoms with E-state index in [2.05, 4.69) is 81.1 Å². The van der Waals surface area contributed by atoms with Crippen molar-refractivity contribution in [3.63, 3.8) is 0 Å². The number of nitrogens with zero attached hydrogens (tertiary/aromatic N) is 5. The van der Waals surface area contributed by atoms with Crippen molar-refractivity contribution in [2.24, 2.45) is 4.99 Å². The Bertz CT molecular complexity index is 921. The van der Waals surface area contributed by atoms with E-state index in [1.54, 1.807) is 0 Å². The summed E-state index contributed by atoms with van der Waals surface area (Å²) in [4.78, 5) is 16.3. The molecule has 172 valence electrons. The number of aromatic nitrogens is 1. The number of nitrogens with one attached hydrogen (secondary N) is 1. The van der Waals surface area contributed by atoms with E-state index in [4.69, 9.17) is 4.74 Å². The van der Waals surface area contributed by atoms with E-state index in [1.807, 2.05) is 13.2 Å². The zero-order chi connectivity index (χ0) is 22.5. The summed E-state index contributed by atoms with van der Waals surface area (Å²) in [6, 6.07) is 10.8. The van der Waals surface area contributed by atoms with Gasteiger partial charge in [0.05, 0.1) is 12.7 Å². The van der Waals surface area contributed by atoms with Crippen molar-refractivity contribution < 1.29 is 4.74 Å². The van der Waals surface area contributed by atoms with Gasteiger partial charge in [-0.1, -0.05) is 18.2 Å². The van der Waals surface area contributed by atoms with Gasteiger partial charge in [-0.15, -0.1) is 0 Å². The molecule has 0 aliphatic carbocycles. The minimum absolute atomic E-state index is 0.255. The number of aryl methyl sites for hydroxylation is 1. The van der Waals surface area contributed by atoms with Crippen molar-refractivity contribution in [2.45, 2.75) is 33.4 Å². The summed E-state index contributed by atoms with van der Waals surface area (Å²) in [7, 11) is 1.86. The maximum absolute atomic E-state index is 5.63. The molecule has 0 radical (unpaired) electrons. The lowest BCUT2D eigenvalue weighted by Gasteiger charge is -2.38. The van der Waals surface area contributed by atoms with E-state index in [1.165, 1.54) is 16.8 Å². The lowest BCUT2D eigenvalue weighted by atomic mass is 10.1. The van der Waals surface area contributed by atoms with Crippen molar-refractivity contribution in [3.8, 4) is 0 Å². The molecule has 2 aliphatic heterocycles. The molecule has 2 saturated heterocycles. The van der Waals surface area contributed by atoms with Crippen LogP contribution in [0.2, 0.25) is 0 Å². The van der Waals surface area contributed by atoms with Crippen LogP contribution in [-0.2, 0) is 11.3 Å². The maximum atomic E-state index is 5.63. The minimum atomic E-state index is 0.255. The third-order valence-corrected chi connectivity index (χ3v) is 6.53. The molecule has 0 bridgehead atoms. The average molecular weight is 437 g/mol. The molecule has 2 aromatic rings. The van der Waals surface area contributed by atoms with Gasteiger partial charge in [-0.25, -0.2) is 4.98 Å². The van der Waals surface area contributed by atoms with Gasteiger partial charge in [0.25, 0.3) is 0 Å². The molecular weight excluding hydrogens is 400 g/mol. The third kappa shape index (κ3) is 5.15. The Balaban J connectivity index is 1.29. The Morgan fingerprint density at radius 3 is 2.59 bits per heavy atom. The number of ether oxygens (including phenoxy) is 1. The van der Waals surface area contributed by atoms with Crippen molar-refractivity contribution in [1.29, 1.82) is 0 Å². The molecule has 0 amide bonds. The van der Waals surface area contributed by atoms with E-state index in [9.17, 15) is 0 Å². The molecule has 7 heteroatoms. The van der Waals surface area contributed by atoms with Gasteiger partial charge in [-0.05, 0) is 49.6 Å². The molecule has 1 atom stereocenters. The second kappa shape index (κ2) is 10.2. The number of benzene rings is 1. The van der Waals surface area contributed by atoms with Crippen LogP contribution < -0.4 is 15.1 Å². The van der Waals surface area contributed by atoms with E-state index in [0.29, 0.717) is 0 Å². The summed E-state index contributed by atoms with van der Waals surface area (Å²) in [5.41, 5.74) is 5.25. The van der Waals surface area contributed by atoms with Crippen LogP contribution in [0.3, 0.4) is 0 Å². The molecule has 0 spiro atoms. The number of hydrogen-bond donors (Lipinski definition) is 1. The van der Waals surface area contributed by atoms with Gasteiger partial charge in [-0.2, -0.15) is 0 Å². The molecule has 1 N–H and O–H groups in total. The van der Waals surface area contributed by atoms with Gasteiger partial charge in [0.2, 0.25) is 0 Å². The summed E-state index contributed by atoms with van der Waals surface area (Å²) in [6.45, 7) is 13.7. The van der Waals surface area contributed by atoms with Crippen LogP contribution in [0, 0.1) is 13.8 Å². The molecule has 4 rings (SSSR count). The van der Waals surface area contributed by atoms with Crippen molar-refractivity contribution >= 4 is 17.5 Å². The number of guanidine groups is 1. The quantitative estimate of drug-likeness (QED) is 0.588. The SMILES string of the molecule is CN=C(NCc1ccc(N2CCOC(C)C2)nc1)N1CCN(c2cccc(C)c2C)CC1. The monoisotopic (exact) mass is 436 g/mol. The summed E-state index contributed by atoms with van der Waals surface area (Å²) in [5, 5.41) is 3.52. The van der Waals surface area contributed by atoms with Crippen LogP contribution in [0.25, 0.3) is 0 Å². The Kier molecular flexibility index (Phi) is 7.15. The van der Waals surface area contributed by atoms with Crippen LogP contribution in [0.15, 0.2) is 41.5 Å². The number of pyridine rings is 1. The highest BCUT2D eigenvalue weighted by Crippen LogP contribution is 2.24. The van der Waals surface area contributed by atoms with Gasteiger partial charge in [0.1, 0.15) is 5.82 Å².